The van der Waals surface area contributed by atoms with Gasteiger partial charge in [-0.05, 0) is 18.6 Å². The number of aromatic amines is 1. The van der Waals surface area contributed by atoms with E-state index in [-0.39, 0.29) is 24.5 Å². The maximum absolute atomic E-state index is 12.0. The Bertz CT molecular complexity index is 761. The third-order valence-electron chi connectivity index (χ3n) is 5.04. The Morgan fingerprint density at radius 1 is 1.37 bits per heavy atom. The molecule has 0 aliphatic carbocycles. The zero-order valence-corrected chi connectivity index (χ0v) is 16.3. The van der Waals surface area contributed by atoms with Crippen molar-refractivity contribution >= 4 is 5.91 Å². The minimum Gasteiger partial charge on any atom is -0.492 e. The van der Waals surface area contributed by atoms with Gasteiger partial charge in [0.05, 0.1) is 19.0 Å². The highest BCUT2D eigenvalue weighted by atomic mass is 16.5. The van der Waals surface area contributed by atoms with Gasteiger partial charge in [-0.2, -0.15) is 0 Å². The highest BCUT2D eigenvalue weighted by Gasteiger charge is 2.39. The van der Waals surface area contributed by atoms with Gasteiger partial charge in [-0.3, -0.25) is 9.69 Å². The van der Waals surface area contributed by atoms with Gasteiger partial charge in [0.2, 0.25) is 5.91 Å². The lowest BCUT2D eigenvalue weighted by molar-refractivity contribution is -0.679. The highest BCUT2D eigenvalue weighted by Crippen LogP contribution is 2.25. The van der Waals surface area contributed by atoms with Crippen molar-refractivity contribution in [3.8, 4) is 5.75 Å². The Balaban J connectivity index is 1.61. The number of carbonyl (C=O) groups excluding carboxylic acids is 1. The number of nitrogens with one attached hydrogen (secondary N) is 2. The molecule has 1 aliphatic rings. The van der Waals surface area contributed by atoms with E-state index in [2.05, 4.69) is 19.8 Å². The van der Waals surface area contributed by atoms with Crippen LogP contribution in [0.5, 0.6) is 5.75 Å². The number of para-hydroxylation sites is 1. The van der Waals surface area contributed by atoms with Gasteiger partial charge in [0, 0.05) is 26.7 Å². The van der Waals surface area contributed by atoms with Crippen LogP contribution in [-0.4, -0.2) is 61.8 Å². The Labute approximate surface area is 160 Å². The predicted octanol–water partition coefficient (Wildman–Crippen LogP) is 0.757. The van der Waals surface area contributed by atoms with Crippen LogP contribution in [0.4, 0.5) is 0 Å². The van der Waals surface area contributed by atoms with Gasteiger partial charge in [-0.1, -0.05) is 18.2 Å². The van der Waals surface area contributed by atoms with Crippen LogP contribution in [0.1, 0.15) is 17.3 Å². The van der Waals surface area contributed by atoms with Gasteiger partial charge in [0.1, 0.15) is 31.4 Å². The van der Waals surface area contributed by atoms with E-state index in [1.807, 2.05) is 50.6 Å². The summed E-state index contributed by atoms with van der Waals surface area (Å²) in [5.41, 5.74) is 1.14. The third kappa shape index (κ3) is 4.87. The maximum atomic E-state index is 12.0. The smallest absolute Gasteiger partial charge is 0.260 e. The van der Waals surface area contributed by atoms with Crippen LogP contribution in [0.25, 0.3) is 0 Å². The molecule has 1 amide bonds. The molecular weight excluding hydrogens is 344 g/mol. The van der Waals surface area contributed by atoms with Gasteiger partial charge in [-0.25, -0.2) is 9.55 Å². The molecule has 7 heteroatoms. The van der Waals surface area contributed by atoms with Crippen LogP contribution in [0, 0.1) is 6.92 Å². The molecule has 1 aliphatic heterocycles. The van der Waals surface area contributed by atoms with Crippen LogP contribution in [0.3, 0.4) is 0 Å². The minimum absolute atomic E-state index is 0.0379. The molecule has 0 unspecified atom stereocenters. The Kier molecular flexibility index (Phi) is 6.47. The first-order valence-corrected chi connectivity index (χ1v) is 9.30. The summed E-state index contributed by atoms with van der Waals surface area (Å²) >= 11 is 0. The molecule has 3 rings (SSSR count). The number of imidazole rings is 1. The molecule has 1 aromatic carbocycles. The number of methoxy groups -OCH3 is 1. The molecule has 1 saturated heterocycles. The van der Waals surface area contributed by atoms with Crippen molar-refractivity contribution in [2.75, 3.05) is 40.0 Å². The van der Waals surface area contributed by atoms with Crippen molar-refractivity contribution in [1.29, 1.82) is 0 Å². The summed E-state index contributed by atoms with van der Waals surface area (Å²) in [5.74, 6) is 2.15. The molecule has 2 N–H and O–H groups in total. The van der Waals surface area contributed by atoms with Gasteiger partial charge in [0.25, 0.3) is 5.82 Å². The topological polar surface area (TPSA) is 70.5 Å². The number of H-pyrrole nitrogens is 1. The average molecular weight is 373 g/mol. The lowest BCUT2D eigenvalue weighted by Crippen LogP contribution is -2.44. The molecule has 1 aromatic heterocycles. The number of hydrogen-bond donors (Lipinski definition) is 2. The van der Waals surface area contributed by atoms with Crippen molar-refractivity contribution in [2.24, 2.45) is 7.05 Å². The first-order valence-electron chi connectivity index (χ1n) is 9.30. The van der Waals surface area contributed by atoms with E-state index >= 15 is 0 Å². The van der Waals surface area contributed by atoms with Crippen molar-refractivity contribution in [2.45, 2.75) is 18.9 Å². The van der Waals surface area contributed by atoms with Crippen molar-refractivity contribution in [3.05, 3.63) is 48.0 Å². The Hall–Kier alpha value is -2.38. The average Bonchev–Trinajstić information content (AvgIpc) is 3.22. The second-order valence-electron chi connectivity index (χ2n) is 7.04. The van der Waals surface area contributed by atoms with Crippen LogP contribution >= 0.6 is 0 Å². The largest absolute Gasteiger partial charge is 0.492 e. The van der Waals surface area contributed by atoms with Gasteiger partial charge in [0.15, 0.2) is 0 Å². The monoisotopic (exact) mass is 373 g/mol. The summed E-state index contributed by atoms with van der Waals surface area (Å²) in [6.45, 7) is 5.21. The van der Waals surface area contributed by atoms with Gasteiger partial charge < -0.3 is 14.8 Å². The van der Waals surface area contributed by atoms with E-state index in [0.717, 1.165) is 36.8 Å². The Morgan fingerprint density at radius 3 is 2.89 bits per heavy atom. The fraction of sp³-hybridized carbons (Fsp3) is 0.500. The molecule has 0 saturated carbocycles. The second-order valence-corrected chi connectivity index (χ2v) is 7.04. The van der Waals surface area contributed by atoms with E-state index in [9.17, 15) is 4.79 Å². The number of benzene rings is 1. The summed E-state index contributed by atoms with van der Waals surface area (Å²) in [5, 5.41) is 3.11. The van der Waals surface area contributed by atoms with Crippen molar-refractivity contribution in [1.82, 2.24) is 15.2 Å². The standard InChI is InChI=1S/C20H28N4O3/c1-15-6-4-5-7-18(15)27-11-10-24-12-16(20-21-8-9-23(20)2)17(13-24)22-19(25)14-26-3/h4-9,16-17H,10-14H2,1-3H3,(H,22,25)/p+1/t16-,17-/m1/s1. The van der Waals surface area contributed by atoms with E-state index in [1.54, 1.807) is 0 Å². The van der Waals surface area contributed by atoms with E-state index < -0.39 is 0 Å². The van der Waals surface area contributed by atoms with Crippen molar-refractivity contribution in [3.63, 3.8) is 0 Å². The zero-order chi connectivity index (χ0) is 19.2. The number of amides is 1. The number of nitrogens with zero attached hydrogens (tertiary/aromatic N) is 2. The number of aryl methyl sites for hydroxylation is 2. The first-order chi connectivity index (χ1) is 13.1. The fourth-order valence-corrected chi connectivity index (χ4v) is 3.66. The minimum atomic E-state index is -0.0836. The summed E-state index contributed by atoms with van der Waals surface area (Å²) < 4.78 is 13.0. The number of carbonyl (C=O) groups is 1. The third-order valence-corrected chi connectivity index (χ3v) is 5.04. The molecule has 0 bridgehead atoms. The SMILES string of the molecule is COCC(=O)N[C@@H]1CN(CCOc2ccccc2C)C[C@H]1c1[nH]cc[n+]1C. The van der Waals surface area contributed by atoms with Crippen LogP contribution in [0.2, 0.25) is 0 Å². The maximum Gasteiger partial charge on any atom is 0.260 e. The summed E-state index contributed by atoms with van der Waals surface area (Å²) in [6, 6.07) is 8.08. The highest BCUT2D eigenvalue weighted by molar-refractivity contribution is 5.77. The van der Waals surface area contributed by atoms with E-state index in [1.165, 1.54) is 7.11 Å². The normalized spacial score (nSPS) is 20.0. The van der Waals surface area contributed by atoms with Crippen LogP contribution < -0.4 is 14.6 Å². The molecule has 146 valence electrons. The quantitative estimate of drug-likeness (QED) is 0.670. The zero-order valence-electron chi connectivity index (χ0n) is 16.3. The van der Waals surface area contributed by atoms with E-state index in [0.29, 0.717) is 6.61 Å². The van der Waals surface area contributed by atoms with Gasteiger partial charge >= 0.3 is 0 Å². The number of aromatic nitrogens is 2. The second kappa shape index (κ2) is 9.01. The number of ether oxygens (including phenoxy) is 2. The van der Waals surface area contributed by atoms with Crippen molar-refractivity contribution < 1.29 is 18.8 Å². The summed E-state index contributed by atoms with van der Waals surface area (Å²) in [4.78, 5) is 17.7. The molecule has 2 atom stereocenters. The summed E-state index contributed by atoms with van der Waals surface area (Å²) in [6.07, 6.45) is 3.92. The predicted molar refractivity (Wildman–Crippen MR) is 102 cm³/mol. The molecule has 2 aromatic rings. The first kappa shape index (κ1) is 19.4. The molecule has 2 heterocycles. The molecule has 0 radical (unpaired) electrons. The number of hydrogen-bond acceptors (Lipinski definition) is 4. The van der Waals surface area contributed by atoms with Gasteiger partial charge in [-0.15, -0.1) is 0 Å². The molecular formula is C20H29N4O3+. The summed E-state index contributed by atoms with van der Waals surface area (Å²) in [7, 11) is 3.55. The lowest BCUT2D eigenvalue weighted by Gasteiger charge is -2.17. The number of rotatable bonds is 8. The van der Waals surface area contributed by atoms with Crippen LogP contribution in [-0.2, 0) is 16.6 Å². The molecule has 0 spiro atoms. The molecule has 27 heavy (non-hydrogen) atoms. The molecule has 7 nitrogen and oxygen atoms in total. The number of likely N-dealkylation sites (tertiary alicyclic amines) is 1. The fourth-order valence-electron chi connectivity index (χ4n) is 3.66. The van der Waals surface area contributed by atoms with E-state index in [4.69, 9.17) is 9.47 Å². The van der Waals surface area contributed by atoms with Crippen LogP contribution in [0.15, 0.2) is 36.7 Å². The molecule has 1 fully saturated rings. The Morgan fingerprint density at radius 2 is 2.19 bits per heavy atom. The lowest BCUT2D eigenvalue weighted by atomic mass is 10.0.